The summed E-state index contributed by atoms with van der Waals surface area (Å²) in [5, 5.41) is 11.5. The Morgan fingerprint density at radius 1 is 1.24 bits per heavy atom. The molecule has 0 radical (unpaired) electrons. The van der Waals surface area contributed by atoms with Crippen molar-refractivity contribution in [1.82, 2.24) is 20.1 Å². The number of pyridine rings is 1. The number of nitrogens with one attached hydrogen (secondary N) is 2. The number of fused-ring (bicyclic) bond motifs is 1. The number of aromatic nitrogens is 3. The number of hydrogen-bond donors (Lipinski definition) is 3. The molecule has 9 heteroatoms. The number of benzene rings is 1. The first-order valence-electron chi connectivity index (χ1n) is 11.4. The number of hydrogen-bond acceptors (Lipinski definition) is 7. The van der Waals surface area contributed by atoms with Crippen LogP contribution in [0.4, 0.5) is 16.3 Å². The molecule has 4 N–H and O–H groups in total. The van der Waals surface area contributed by atoms with Gasteiger partial charge in [0.15, 0.2) is 6.23 Å². The lowest BCUT2D eigenvalue weighted by molar-refractivity contribution is -0.0383. The quantitative estimate of drug-likeness (QED) is 0.477. The van der Waals surface area contributed by atoms with Crippen LogP contribution in [0, 0.1) is 0 Å². The molecule has 1 aliphatic heterocycles. The SMILES string of the molecule is CC(C)(C)OC(=O)NCCNc1cc(N)nc2cc(-c3ccnn3C3CCCCO3)ccc12. The Hall–Kier alpha value is -3.33. The molecule has 0 bridgehead atoms. The standard InChI is InChI=1S/C24H32N6O3/c1-24(2,3)33-23(31)27-12-11-26-18-15-21(25)29-19-14-16(7-8-17(18)19)20-9-10-28-30(20)22-6-4-5-13-32-22/h7-10,14-15,22H,4-6,11-13H2,1-3H3,(H,27,31)(H3,25,26,29). The highest BCUT2D eigenvalue weighted by Gasteiger charge is 2.20. The molecule has 1 aliphatic rings. The van der Waals surface area contributed by atoms with Gasteiger partial charge in [0.05, 0.1) is 11.2 Å². The molecule has 3 aromatic rings. The maximum atomic E-state index is 11.8. The van der Waals surface area contributed by atoms with Gasteiger partial charge >= 0.3 is 6.09 Å². The van der Waals surface area contributed by atoms with Crippen molar-refractivity contribution < 1.29 is 14.3 Å². The van der Waals surface area contributed by atoms with Crippen LogP contribution < -0.4 is 16.4 Å². The van der Waals surface area contributed by atoms with E-state index in [1.165, 1.54) is 0 Å². The highest BCUT2D eigenvalue weighted by molar-refractivity contribution is 5.95. The van der Waals surface area contributed by atoms with Crippen LogP contribution in [0.1, 0.15) is 46.3 Å². The van der Waals surface area contributed by atoms with Crippen molar-refractivity contribution in [2.45, 2.75) is 51.9 Å². The molecular weight excluding hydrogens is 420 g/mol. The van der Waals surface area contributed by atoms with Gasteiger partial charge in [-0.05, 0) is 52.2 Å². The minimum absolute atomic E-state index is 0.0389. The van der Waals surface area contributed by atoms with Crippen LogP contribution in [-0.2, 0) is 9.47 Å². The molecule has 0 aliphatic carbocycles. The smallest absolute Gasteiger partial charge is 0.407 e. The maximum Gasteiger partial charge on any atom is 0.407 e. The summed E-state index contributed by atoms with van der Waals surface area (Å²) < 4.78 is 13.1. The van der Waals surface area contributed by atoms with E-state index in [0.29, 0.717) is 18.9 Å². The van der Waals surface area contributed by atoms with E-state index in [2.05, 4.69) is 26.8 Å². The van der Waals surface area contributed by atoms with Crippen molar-refractivity contribution in [2.24, 2.45) is 0 Å². The Morgan fingerprint density at radius 2 is 2.09 bits per heavy atom. The zero-order chi connectivity index (χ0) is 23.4. The summed E-state index contributed by atoms with van der Waals surface area (Å²) in [5.74, 6) is 0.423. The highest BCUT2D eigenvalue weighted by Crippen LogP contribution is 2.32. The maximum absolute atomic E-state index is 11.8. The third-order valence-electron chi connectivity index (χ3n) is 5.33. The first-order chi connectivity index (χ1) is 15.8. The number of anilines is 2. The number of alkyl carbamates (subject to hydrolysis) is 1. The summed E-state index contributed by atoms with van der Waals surface area (Å²) in [4.78, 5) is 16.4. The van der Waals surface area contributed by atoms with Crippen molar-refractivity contribution in [2.75, 3.05) is 30.7 Å². The molecule has 1 saturated heterocycles. The third kappa shape index (κ3) is 5.73. The van der Waals surface area contributed by atoms with Gasteiger partial charge in [-0.15, -0.1) is 0 Å². The van der Waals surface area contributed by atoms with E-state index in [0.717, 1.165) is 53.7 Å². The van der Waals surface area contributed by atoms with E-state index in [1.807, 2.05) is 43.7 Å². The Labute approximate surface area is 193 Å². The van der Waals surface area contributed by atoms with Gasteiger partial charge in [0.25, 0.3) is 0 Å². The van der Waals surface area contributed by atoms with Crippen LogP contribution in [0.15, 0.2) is 36.5 Å². The fraction of sp³-hybridized carbons (Fsp3) is 0.458. The van der Waals surface area contributed by atoms with Gasteiger partial charge in [-0.3, -0.25) is 0 Å². The molecule has 3 heterocycles. The van der Waals surface area contributed by atoms with Crippen LogP contribution in [-0.4, -0.2) is 46.2 Å². The van der Waals surface area contributed by atoms with Crippen LogP contribution in [0.3, 0.4) is 0 Å². The monoisotopic (exact) mass is 452 g/mol. The Balaban J connectivity index is 1.49. The van der Waals surface area contributed by atoms with Gasteiger partial charge in [-0.2, -0.15) is 5.10 Å². The summed E-state index contributed by atoms with van der Waals surface area (Å²) in [5.41, 5.74) is 9.20. The Kier molecular flexibility index (Phi) is 6.69. The number of ether oxygens (including phenoxy) is 2. The van der Waals surface area contributed by atoms with Gasteiger partial charge < -0.3 is 25.8 Å². The molecule has 9 nitrogen and oxygen atoms in total. The Morgan fingerprint density at radius 3 is 2.85 bits per heavy atom. The van der Waals surface area contributed by atoms with Gasteiger partial charge in [0.1, 0.15) is 11.4 Å². The zero-order valence-electron chi connectivity index (χ0n) is 19.4. The second-order valence-corrected chi connectivity index (χ2v) is 9.16. The van der Waals surface area contributed by atoms with E-state index < -0.39 is 11.7 Å². The molecule has 0 saturated carbocycles. The molecule has 176 valence electrons. The van der Waals surface area contributed by atoms with Crippen molar-refractivity contribution in [1.29, 1.82) is 0 Å². The minimum Gasteiger partial charge on any atom is -0.444 e. The van der Waals surface area contributed by atoms with Crippen molar-refractivity contribution in [3.63, 3.8) is 0 Å². The summed E-state index contributed by atoms with van der Waals surface area (Å²) in [7, 11) is 0. The number of carbonyl (C=O) groups is 1. The number of amides is 1. The van der Waals surface area contributed by atoms with Crippen LogP contribution in [0.5, 0.6) is 0 Å². The first-order valence-corrected chi connectivity index (χ1v) is 11.4. The molecule has 4 rings (SSSR count). The first kappa shape index (κ1) is 22.8. The third-order valence-corrected chi connectivity index (χ3v) is 5.33. The largest absolute Gasteiger partial charge is 0.444 e. The summed E-state index contributed by atoms with van der Waals surface area (Å²) in [6.45, 7) is 7.20. The normalized spacial score (nSPS) is 16.5. The lowest BCUT2D eigenvalue weighted by atomic mass is 10.1. The molecular formula is C24H32N6O3. The van der Waals surface area contributed by atoms with E-state index >= 15 is 0 Å². The number of nitrogen functional groups attached to an aromatic ring is 1. The van der Waals surface area contributed by atoms with Gasteiger partial charge in [0.2, 0.25) is 0 Å². The molecule has 1 atom stereocenters. The second kappa shape index (κ2) is 9.66. The molecule has 1 amide bonds. The van der Waals surface area contributed by atoms with Gasteiger partial charge in [-0.1, -0.05) is 12.1 Å². The van der Waals surface area contributed by atoms with Crippen molar-refractivity contribution in [3.8, 4) is 11.3 Å². The van der Waals surface area contributed by atoms with Gasteiger partial charge in [-0.25, -0.2) is 14.5 Å². The topological polar surface area (TPSA) is 116 Å². The van der Waals surface area contributed by atoms with Crippen LogP contribution in [0.2, 0.25) is 0 Å². The van der Waals surface area contributed by atoms with E-state index in [9.17, 15) is 4.79 Å². The average molecular weight is 453 g/mol. The molecule has 0 spiro atoms. The van der Waals surface area contributed by atoms with E-state index in [1.54, 1.807) is 12.3 Å². The van der Waals surface area contributed by atoms with Gasteiger partial charge in [0, 0.05) is 48.6 Å². The Bertz CT molecular complexity index is 1120. The number of rotatable bonds is 6. The number of nitrogens with two attached hydrogens (primary N) is 1. The number of carbonyl (C=O) groups excluding carboxylic acids is 1. The summed E-state index contributed by atoms with van der Waals surface area (Å²) in [6.07, 6.45) is 4.51. The van der Waals surface area contributed by atoms with Crippen molar-refractivity contribution in [3.05, 3.63) is 36.5 Å². The lowest BCUT2D eigenvalue weighted by Crippen LogP contribution is -2.35. The van der Waals surface area contributed by atoms with E-state index in [-0.39, 0.29) is 6.23 Å². The second-order valence-electron chi connectivity index (χ2n) is 9.16. The molecule has 1 fully saturated rings. The molecule has 1 unspecified atom stereocenters. The molecule has 1 aromatic carbocycles. The lowest BCUT2D eigenvalue weighted by Gasteiger charge is -2.24. The highest BCUT2D eigenvalue weighted by atomic mass is 16.6. The predicted octanol–water partition coefficient (Wildman–Crippen LogP) is 4.32. The van der Waals surface area contributed by atoms with Crippen molar-refractivity contribution >= 4 is 28.5 Å². The summed E-state index contributed by atoms with van der Waals surface area (Å²) >= 11 is 0. The van der Waals surface area contributed by atoms with Crippen LogP contribution >= 0.6 is 0 Å². The predicted molar refractivity (Wildman–Crippen MR) is 129 cm³/mol. The van der Waals surface area contributed by atoms with E-state index in [4.69, 9.17) is 15.2 Å². The molecule has 33 heavy (non-hydrogen) atoms. The van der Waals surface area contributed by atoms with Crippen LogP contribution in [0.25, 0.3) is 22.2 Å². The zero-order valence-corrected chi connectivity index (χ0v) is 19.4. The average Bonchev–Trinajstić information content (AvgIpc) is 3.25. The summed E-state index contributed by atoms with van der Waals surface area (Å²) in [6, 6.07) is 9.90. The number of nitrogens with zero attached hydrogens (tertiary/aromatic N) is 3. The molecule has 2 aromatic heterocycles. The fourth-order valence-electron chi connectivity index (χ4n) is 3.92. The fourth-order valence-corrected chi connectivity index (χ4v) is 3.92. The minimum atomic E-state index is -0.524.